The molecule has 1 aliphatic carbocycles. The molecule has 4 heterocycles. The van der Waals surface area contributed by atoms with E-state index in [4.69, 9.17) is 0 Å². The number of carbonyl (C=O) groups is 2. The highest BCUT2D eigenvalue weighted by molar-refractivity contribution is 6.02. The Balaban J connectivity index is 1.33. The van der Waals surface area contributed by atoms with Crippen molar-refractivity contribution in [1.82, 2.24) is 19.7 Å². The molecule has 1 saturated carbocycles. The third kappa shape index (κ3) is 3.38. The number of carbonyl (C=O) groups excluding carboxylic acids is 2. The molecule has 3 fully saturated rings. The van der Waals surface area contributed by atoms with Gasteiger partial charge in [0.2, 0.25) is 5.91 Å². The van der Waals surface area contributed by atoms with Crippen LogP contribution in [0.2, 0.25) is 0 Å². The van der Waals surface area contributed by atoms with E-state index < -0.39 is 11.6 Å². The van der Waals surface area contributed by atoms with Crippen molar-refractivity contribution in [3.8, 4) is 6.07 Å². The van der Waals surface area contributed by atoms with Crippen LogP contribution >= 0.6 is 0 Å². The molecule has 166 valence electrons. The van der Waals surface area contributed by atoms with Gasteiger partial charge >= 0.3 is 0 Å². The van der Waals surface area contributed by atoms with Crippen LogP contribution in [0.3, 0.4) is 0 Å². The molecule has 0 unspecified atom stereocenters. The summed E-state index contributed by atoms with van der Waals surface area (Å²) in [5.41, 5.74) is 0.126. The van der Waals surface area contributed by atoms with Gasteiger partial charge < -0.3 is 15.1 Å². The maximum absolute atomic E-state index is 13.5. The van der Waals surface area contributed by atoms with Crippen LogP contribution in [0.5, 0.6) is 0 Å². The fraction of sp³-hybridized carbons (Fsp3) is 0.500. The number of hydrogen-bond acceptors (Lipinski definition) is 6. The average molecular weight is 437 g/mol. The molecule has 3 aliphatic rings. The number of anilines is 3. The lowest BCUT2D eigenvalue weighted by molar-refractivity contribution is -0.123. The number of rotatable bonds is 5. The number of nitriles is 1. The number of pyridine rings is 1. The van der Waals surface area contributed by atoms with Gasteiger partial charge in [0.25, 0.3) is 5.91 Å². The standard InChI is InChI=1S/C22H24FN7O2/c1-28-17(20(31)29-8-5-15(23)12-29)11-19(27-28)26-18-10-16(4-7-25-18)30-9-6-22(13-24,21(30)32)14-2-3-14/h4,7,10-11,14-15H,2-3,5-6,8-9,12H2,1H3,(H,25,26,27)/t15-,22-/m1/s1. The van der Waals surface area contributed by atoms with Crippen molar-refractivity contribution in [2.24, 2.45) is 18.4 Å². The minimum Gasteiger partial charge on any atom is -0.334 e. The Morgan fingerprint density at radius 2 is 2.09 bits per heavy atom. The summed E-state index contributed by atoms with van der Waals surface area (Å²) in [4.78, 5) is 33.2. The molecule has 9 nitrogen and oxygen atoms in total. The summed E-state index contributed by atoms with van der Waals surface area (Å²) < 4.78 is 14.9. The van der Waals surface area contributed by atoms with E-state index >= 15 is 0 Å². The Morgan fingerprint density at radius 1 is 1.28 bits per heavy atom. The van der Waals surface area contributed by atoms with Crippen molar-refractivity contribution in [3.63, 3.8) is 0 Å². The number of halogens is 1. The first-order chi connectivity index (χ1) is 15.4. The van der Waals surface area contributed by atoms with Crippen molar-refractivity contribution in [1.29, 1.82) is 5.26 Å². The number of amides is 2. The van der Waals surface area contributed by atoms with Gasteiger partial charge in [-0.15, -0.1) is 0 Å². The normalized spacial score (nSPS) is 25.3. The first kappa shape index (κ1) is 20.4. The van der Waals surface area contributed by atoms with Crippen molar-refractivity contribution in [3.05, 3.63) is 30.1 Å². The molecule has 32 heavy (non-hydrogen) atoms. The molecule has 2 aliphatic heterocycles. The molecule has 2 saturated heterocycles. The van der Waals surface area contributed by atoms with E-state index in [9.17, 15) is 19.2 Å². The van der Waals surface area contributed by atoms with Crippen LogP contribution in [0.15, 0.2) is 24.4 Å². The van der Waals surface area contributed by atoms with Crippen LogP contribution in [0.1, 0.15) is 36.2 Å². The van der Waals surface area contributed by atoms with E-state index in [0.717, 1.165) is 12.8 Å². The number of nitrogens with one attached hydrogen (secondary N) is 1. The minimum absolute atomic E-state index is 0.102. The molecule has 2 amide bonds. The lowest BCUT2D eigenvalue weighted by Crippen LogP contribution is -2.35. The summed E-state index contributed by atoms with van der Waals surface area (Å²) in [6, 6.07) is 7.39. The Hall–Kier alpha value is -3.48. The molecule has 2 aromatic heterocycles. The first-order valence-electron chi connectivity index (χ1n) is 10.8. The van der Waals surface area contributed by atoms with Crippen molar-refractivity contribution >= 4 is 29.1 Å². The number of aromatic nitrogens is 3. The molecule has 0 bridgehead atoms. The second-order valence-corrected chi connectivity index (χ2v) is 8.76. The average Bonchev–Trinajstić information content (AvgIpc) is 3.31. The summed E-state index contributed by atoms with van der Waals surface area (Å²) in [7, 11) is 1.66. The molecule has 2 aromatic rings. The van der Waals surface area contributed by atoms with Gasteiger partial charge in [-0.1, -0.05) is 0 Å². The molecule has 10 heteroatoms. The maximum atomic E-state index is 13.5. The summed E-state index contributed by atoms with van der Waals surface area (Å²) >= 11 is 0. The van der Waals surface area contributed by atoms with E-state index in [0.29, 0.717) is 48.9 Å². The zero-order valence-corrected chi connectivity index (χ0v) is 17.8. The predicted molar refractivity (Wildman–Crippen MR) is 114 cm³/mol. The quantitative estimate of drug-likeness (QED) is 0.770. The van der Waals surface area contributed by atoms with E-state index in [1.807, 2.05) is 0 Å². The van der Waals surface area contributed by atoms with Crippen LogP contribution < -0.4 is 10.2 Å². The van der Waals surface area contributed by atoms with Crippen LogP contribution in [-0.2, 0) is 11.8 Å². The monoisotopic (exact) mass is 437 g/mol. The number of likely N-dealkylation sites (tertiary alicyclic amines) is 1. The van der Waals surface area contributed by atoms with Crippen LogP contribution in [0, 0.1) is 22.7 Å². The number of alkyl halides is 1. The van der Waals surface area contributed by atoms with Gasteiger partial charge in [0.1, 0.15) is 23.1 Å². The number of nitrogens with zero attached hydrogens (tertiary/aromatic N) is 6. The van der Waals surface area contributed by atoms with E-state index in [1.165, 1.54) is 9.58 Å². The van der Waals surface area contributed by atoms with Crippen LogP contribution in [-0.4, -0.2) is 57.3 Å². The smallest absolute Gasteiger partial charge is 0.272 e. The summed E-state index contributed by atoms with van der Waals surface area (Å²) in [6.07, 6.45) is 3.37. The SMILES string of the molecule is Cn1nc(Nc2cc(N3CC[C@@](C#N)(C4CC4)C3=O)ccn2)cc1C(=O)N1CC[C@@H](F)C1. The highest BCUT2D eigenvalue weighted by Crippen LogP contribution is 2.51. The lowest BCUT2D eigenvalue weighted by Gasteiger charge is -2.21. The van der Waals surface area contributed by atoms with Crippen LogP contribution in [0.4, 0.5) is 21.7 Å². The molecule has 1 N–H and O–H groups in total. The lowest BCUT2D eigenvalue weighted by atomic mass is 9.83. The number of hydrogen-bond donors (Lipinski definition) is 1. The predicted octanol–water partition coefficient (Wildman–Crippen LogP) is 2.40. The summed E-state index contributed by atoms with van der Waals surface area (Å²) in [5, 5.41) is 17.1. The fourth-order valence-electron chi connectivity index (χ4n) is 4.71. The van der Waals surface area contributed by atoms with Gasteiger partial charge in [0.15, 0.2) is 5.82 Å². The van der Waals surface area contributed by atoms with E-state index in [2.05, 4.69) is 21.5 Å². The van der Waals surface area contributed by atoms with E-state index in [-0.39, 0.29) is 24.3 Å². The van der Waals surface area contributed by atoms with Gasteiger partial charge in [0, 0.05) is 44.2 Å². The molecule has 2 atom stereocenters. The highest BCUT2D eigenvalue weighted by Gasteiger charge is 2.56. The molecule has 0 aromatic carbocycles. The second kappa shape index (κ2) is 7.58. The molecule has 0 radical (unpaired) electrons. The van der Waals surface area contributed by atoms with Gasteiger partial charge in [-0.2, -0.15) is 10.4 Å². The molecule has 5 rings (SSSR count). The largest absolute Gasteiger partial charge is 0.334 e. The van der Waals surface area contributed by atoms with Gasteiger partial charge in [-0.3, -0.25) is 14.3 Å². The minimum atomic E-state index is -0.982. The Labute approximate surface area is 184 Å². The highest BCUT2D eigenvalue weighted by atomic mass is 19.1. The Kier molecular flexibility index (Phi) is 4.84. The van der Waals surface area contributed by atoms with Crippen molar-refractivity contribution in [2.75, 3.05) is 29.9 Å². The van der Waals surface area contributed by atoms with Gasteiger partial charge in [-0.05, 0) is 37.7 Å². The Morgan fingerprint density at radius 3 is 2.78 bits per heavy atom. The summed E-state index contributed by atoms with van der Waals surface area (Å²) in [6.45, 7) is 0.998. The summed E-state index contributed by atoms with van der Waals surface area (Å²) in [5.74, 6) is 0.664. The topological polar surface area (TPSA) is 107 Å². The zero-order valence-electron chi connectivity index (χ0n) is 17.8. The van der Waals surface area contributed by atoms with E-state index in [1.54, 1.807) is 36.3 Å². The third-order valence-corrected chi connectivity index (χ3v) is 6.66. The third-order valence-electron chi connectivity index (χ3n) is 6.66. The van der Waals surface area contributed by atoms with Gasteiger partial charge in [-0.25, -0.2) is 9.37 Å². The fourth-order valence-corrected chi connectivity index (χ4v) is 4.71. The second-order valence-electron chi connectivity index (χ2n) is 8.76. The van der Waals surface area contributed by atoms with Crippen LogP contribution in [0.25, 0.3) is 0 Å². The van der Waals surface area contributed by atoms with Crippen molar-refractivity contribution < 1.29 is 14.0 Å². The maximum Gasteiger partial charge on any atom is 0.272 e. The molecular weight excluding hydrogens is 413 g/mol. The van der Waals surface area contributed by atoms with Gasteiger partial charge in [0.05, 0.1) is 12.6 Å². The zero-order chi connectivity index (χ0) is 22.5. The first-order valence-corrected chi connectivity index (χ1v) is 10.8. The molecule has 0 spiro atoms. The Bertz CT molecular complexity index is 1120. The number of aryl methyl sites for hydroxylation is 1. The van der Waals surface area contributed by atoms with Crippen molar-refractivity contribution in [2.45, 2.75) is 31.9 Å². The molecular formula is C22H24FN7O2.